The van der Waals surface area contributed by atoms with Crippen molar-refractivity contribution >= 4 is 51.5 Å². The maximum Gasteiger partial charge on any atom is 0.150 e. The highest BCUT2D eigenvalue weighted by Crippen LogP contribution is 2.41. The molecule has 0 bridgehead atoms. The third-order valence-electron chi connectivity index (χ3n) is 4.10. The van der Waals surface area contributed by atoms with Crippen LogP contribution in [0.4, 0.5) is 0 Å². The van der Waals surface area contributed by atoms with Crippen LogP contribution in [0.2, 0.25) is 0 Å². The molecule has 3 rings (SSSR count). The lowest BCUT2D eigenvalue weighted by atomic mass is 10.1. The number of hydrogen-bond donors (Lipinski definition) is 1. The molecule has 0 radical (unpaired) electrons. The van der Waals surface area contributed by atoms with Gasteiger partial charge in [-0.2, -0.15) is 0 Å². The molecular formula is C15H15I2N3O2. The number of alkyl halides is 1. The molecule has 0 unspecified atom stereocenters. The van der Waals surface area contributed by atoms with Gasteiger partial charge in [0.1, 0.15) is 9.39 Å². The van der Waals surface area contributed by atoms with E-state index in [2.05, 4.69) is 55.5 Å². The van der Waals surface area contributed by atoms with Gasteiger partial charge in [0, 0.05) is 21.7 Å². The monoisotopic (exact) mass is 523 g/mol. The van der Waals surface area contributed by atoms with Gasteiger partial charge in [-0.15, -0.1) is 5.10 Å². The lowest BCUT2D eigenvalue weighted by molar-refractivity contribution is 0.112. The fraction of sp³-hybridized carbons (Fsp3) is 0.400. The third kappa shape index (κ3) is 2.94. The molecule has 3 atom stereocenters. The number of halogens is 2. The Morgan fingerprint density at radius 3 is 2.82 bits per heavy atom. The Balaban J connectivity index is 1.98. The number of aliphatic hydroxyl groups excluding tert-OH is 1. The molecule has 0 spiro atoms. The van der Waals surface area contributed by atoms with Crippen LogP contribution in [0.3, 0.4) is 0 Å². The molecule has 116 valence electrons. The summed E-state index contributed by atoms with van der Waals surface area (Å²) in [6.07, 6.45) is 2.76. The van der Waals surface area contributed by atoms with Gasteiger partial charge in [-0.1, -0.05) is 52.1 Å². The van der Waals surface area contributed by atoms with Gasteiger partial charge < -0.3 is 5.11 Å². The Kier molecular flexibility index (Phi) is 5.13. The average Bonchev–Trinajstić information content (AvgIpc) is 3.09. The minimum Gasteiger partial charge on any atom is -0.396 e. The highest BCUT2D eigenvalue weighted by atomic mass is 127. The molecule has 22 heavy (non-hydrogen) atoms. The van der Waals surface area contributed by atoms with Crippen LogP contribution in [-0.2, 0) is 0 Å². The number of aromatic nitrogens is 3. The number of aliphatic hydroxyl groups is 1. The molecule has 2 aromatic rings. The smallest absolute Gasteiger partial charge is 0.150 e. The molecule has 0 saturated heterocycles. The van der Waals surface area contributed by atoms with Crippen molar-refractivity contribution in [1.82, 2.24) is 15.0 Å². The first-order valence-corrected chi connectivity index (χ1v) is 9.38. The maximum atomic E-state index is 11.2. The Morgan fingerprint density at radius 1 is 1.36 bits per heavy atom. The van der Waals surface area contributed by atoms with E-state index in [4.69, 9.17) is 0 Å². The third-order valence-corrected chi connectivity index (χ3v) is 6.45. The zero-order valence-corrected chi connectivity index (χ0v) is 16.0. The number of carbonyl (C=O) groups excluding carboxylic acids is 1. The van der Waals surface area contributed by atoms with Crippen molar-refractivity contribution < 1.29 is 9.90 Å². The van der Waals surface area contributed by atoms with E-state index in [9.17, 15) is 9.90 Å². The van der Waals surface area contributed by atoms with Gasteiger partial charge in [0.25, 0.3) is 0 Å². The molecule has 1 aliphatic rings. The minimum atomic E-state index is 0.224. The van der Waals surface area contributed by atoms with Gasteiger partial charge in [0.05, 0.1) is 6.04 Å². The Bertz CT molecular complexity index is 689. The van der Waals surface area contributed by atoms with E-state index in [1.165, 1.54) is 0 Å². The molecule has 1 fully saturated rings. The summed E-state index contributed by atoms with van der Waals surface area (Å²) in [5.41, 5.74) is 2.19. The van der Waals surface area contributed by atoms with Crippen molar-refractivity contribution in [2.45, 2.75) is 22.8 Å². The molecule has 1 heterocycles. The van der Waals surface area contributed by atoms with E-state index in [0.717, 1.165) is 34.1 Å². The molecule has 7 heteroatoms. The molecule has 1 N–H and O–H groups in total. The Hall–Kier alpha value is -0.550. The molecule has 0 amide bonds. The van der Waals surface area contributed by atoms with Crippen molar-refractivity contribution in [3.63, 3.8) is 0 Å². The van der Waals surface area contributed by atoms with Crippen molar-refractivity contribution in [2.75, 3.05) is 6.61 Å². The number of carbonyl (C=O) groups is 1. The average molecular weight is 523 g/mol. The Morgan fingerprint density at radius 2 is 2.14 bits per heavy atom. The fourth-order valence-corrected chi connectivity index (χ4v) is 5.11. The van der Waals surface area contributed by atoms with Gasteiger partial charge in [0.2, 0.25) is 0 Å². The van der Waals surface area contributed by atoms with E-state index in [-0.39, 0.29) is 12.6 Å². The normalized spacial score (nSPS) is 24.6. The quantitative estimate of drug-likeness (QED) is 0.380. The van der Waals surface area contributed by atoms with Gasteiger partial charge in [-0.25, -0.2) is 4.68 Å². The van der Waals surface area contributed by atoms with E-state index < -0.39 is 0 Å². The number of hydrogen-bond acceptors (Lipinski definition) is 4. The molecule has 0 aliphatic heterocycles. The van der Waals surface area contributed by atoms with E-state index in [0.29, 0.717) is 15.4 Å². The molecule has 1 aromatic carbocycles. The Labute approximate surface area is 155 Å². The second kappa shape index (κ2) is 6.91. The van der Waals surface area contributed by atoms with Crippen LogP contribution in [0.1, 0.15) is 29.2 Å². The van der Waals surface area contributed by atoms with E-state index in [1.807, 2.05) is 22.9 Å². The summed E-state index contributed by atoms with van der Waals surface area (Å²) in [6, 6.07) is 7.67. The van der Waals surface area contributed by atoms with Crippen LogP contribution in [0.25, 0.3) is 11.3 Å². The second-order valence-corrected chi connectivity index (χ2v) is 8.10. The topological polar surface area (TPSA) is 68.0 Å². The van der Waals surface area contributed by atoms with Crippen LogP contribution in [0, 0.1) is 9.62 Å². The van der Waals surface area contributed by atoms with Crippen molar-refractivity contribution in [3.8, 4) is 11.3 Å². The summed E-state index contributed by atoms with van der Waals surface area (Å²) in [5.74, 6) is 0.331. The fourth-order valence-electron chi connectivity index (χ4n) is 2.94. The van der Waals surface area contributed by atoms with Crippen molar-refractivity contribution in [1.29, 1.82) is 0 Å². The first kappa shape index (κ1) is 16.3. The van der Waals surface area contributed by atoms with Crippen LogP contribution in [0.15, 0.2) is 24.3 Å². The van der Waals surface area contributed by atoms with Gasteiger partial charge in [0.15, 0.2) is 6.29 Å². The second-order valence-electron chi connectivity index (χ2n) is 5.48. The summed E-state index contributed by atoms with van der Waals surface area (Å²) in [7, 11) is 0. The summed E-state index contributed by atoms with van der Waals surface area (Å²) in [4.78, 5) is 11.2. The van der Waals surface area contributed by atoms with Crippen LogP contribution in [0.5, 0.6) is 0 Å². The van der Waals surface area contributed by atoms with Crippen LogP contribution < -0.4 is 0 Å². The van der Waals surface area contributed by atoms with Gasteiger partial charge in [-0.3, -0.25) is 4.79 Å². The first-order valence-electron chi connectivity index (χ1n) is 7.06. The van der Waals surface area contributed by atoms with Crippen molar-refractivity contribution in [3.05, 3.63) is 33.5 Å². The predicted molar refractivity (Wildman–Crippen MR) is 100 cm³/mol. The number of aldehydes is 1. The SMILES string of the molecule is O=Cc1ccccc1-c1nnn([C@@H]2C[C@H](CO)C[C@H]2I)c1I. The molecule has 1 saturated carbocycles. The van der Waals surface area contributed by atoms with Gasteiger partial charge in [-0.05, 0) is 41.4 Å². The predicted octanol–water partition coefficient (Wildman–Crippen LogP) is 3.11. The maximum absolute atomic E-state index is 11.2. The number of rotatable bonds is 4. The van der Waals surface area contributed by atoms with E-state index in [1.54, 1.807) is 6.07 Å². The molecule has 5 nitrogen and oxygen atoms in total. The number of benzene rings is 1. The summed E-state index contributed by atoms with van der Waals surface area (Å²) >= 11 is 4.68. The highest BCUT2D eigenvalue weighted by Gasteiger charge is 2.35. The molecular weight excluding hydrogens is 508 g/mol. The molecule has 1 aromatic heterocycles. The standard InChI is InChI=1S/C15H15I2N3O2/c16-12-5-9(7-21)6-13(12)20-15(17)14(18-19-20)11-4-2-1-3-10(11)8-22/h1-4,8-9,12-13,21H,5-7H2/t9-,12-,13-/m1/s1. The summed E-state index contributed by atoms with van der Waals surface area (Å²) in [5, 5.41) is 18.0. The largest absolute Gasteiger partial charge is 0.396 e. The van der Waals surface area contributed by atoms with E-state index >= 15 is 0 Å². The summed E-state index contributed by atoms with van der Waals surface area (Å²) < 4.78 is 3.32. The van der Waals surface area contributed by atoms with Crippen LogP contribution >= 0.6 is 45.2 Å². The zero-order valence-electron chi connectivity index (χ0n) is 11.7. The first-order chi connectivity index (χ1) is 10.7. The number of nitrogens with zero attached hydrogens (tertiary/aromatic N) is 3. The zero-order chi connectivity index (χ0) is 15.7. The van der Waals surface area contributed by atoms with Crippen LogP contribution in [-0.4, -0.2) is 36.9 Å². The molecule has 1 aliphatic carbocycles. The lowest BCUT2D eigenvalue weighted by Gasteiger charge is -2.15. The highest BCUT2D eigenvalue weighted by molar-refractivity contribution is 14.1. The minimum absolute atomic E-state index is 0.224. The van der Waals surface area contributed by atoms with Gasteiger partial charge >= 0.3 is 0 Å². The lowest BCUT2D eigenvalue weighted by Crippen LogP contribution is -2.16. The van der Waals surface area contributed by atoms with Crippen molar-refractivity contribution in [2.24, 2.45) is 5.92 Å². The summed E-state index contributed by atoms with van der Waals surface area (Å²) in [6.45, 7) is 0.224.